The summed E-state index contributed by atoms with van der Waals surface area (Å²) < 4.78 is 45.1. The standard InChI is InChI=1S/C61H73F3N8O13S2/c1-35(73)51-56(80)70-49(57(81)82)34-87-86-33-48(69-54(78)46(29-36-12-6-5-7-13-36)71-58(83)66-32-38-17-23-42(24-18-38)61(62,63)64)50(75)31-41(28-37-19-25-43(74)26-20-37)52(76)68-47(30-40-22-21-39-14-8-9-15-44(39)40)55(79)67-45(53(77)72-51)16-10-11-27-65-59(84)85-60(2,3)4/h5-9,12-15,17-20,22-26,35,41,45-49,51,73-74H,10-11,16,21,27-34H2,1-4H3,(H,65,84)(H,67,79)(H,68,76)(H,69,78)(H,70,80)(H,72,77)(H,81,82)(H2,66,71,83)/t35-,41-,45+,46-,47-,48+,49+,51+/m1/s1. The number of nitrogens with one attached hydrogen (secondary N) is 8. The monoisotopic (exact) mass is 1250 g/mol. The van der Waals surface area contributed by atoms with Crippen LogP contribution in [0.4, 0.5) is 22.8 Å². The fraction of sp³-hybridized carbons (Fsp3) is 0.426. The molecule has 2 aliphatic rings. The number of carbonyl (C=O) groups excluding carboxylic acids is 8. The van der Waals surface area contributed by atoms with Crippen LogP contribution < -0.4 is 42.5 Å². The average molecular weight is 1250 g/mol. The van der Waals surface area contributed by atoms with Crippen molar-refractivity contribution in [3.63, 3.8) is 0 Å². The summed E-state index contributed by atoms with van der Waals surface area (Å²) in [5.74, 6) is -8.88. The molecule has 11 N–H and O–H groups in total. The summed E-state index contributed by atoms with van der Waals surface area (Å²) in [6.07, 6.45) is -5.17. The Bertz CT molecular complexity index is 3090. The number of ketones is 1. The second-order valence-electron chi connectivity index (χ2n) is 22.1. The molecule has 468 valence electrons. The smallest absolute Gasteiger partial charge is 0.416 e. The summed E-state index contributed by atoms with van der Waals surface area (Å²) in [6.45, 7) is 6.13. The predicted octanol–water partition coefficient (Wildman–Crippen LogP) is 5.65. The number of carboxylic acids is 1. The number of phenolic OH excluding ortho intramolecular Hbond substituents is 1. The largest absolute Gasteiger partial charge is 0.508 e. The Labute approximate surface area is 509 Å². The molecule has 1 aliphatic carbocycles. The molecule has 1 fully saturated rings. The zero-order valence-electron chi connectivity index (χ0n) is 48.4. The molecule has 0 saturated carbocycles. The first kappa shape index (κ1) is 68.0. The summed E-state index contributed by atoms with van der Waals surface area (Å²) >= 11 is 0. The SMILES string of the molecule is C[C@@H](O)[C@@H]1NC(=O)[C@H](CCCCNC(=O)OC(C)(C)C)NC(=O)[C@@H](CC2=CCc3ccccc32)NC(=O)[C@H](Cc2ccc(O)cc2)CC(=O)[C@@H](NC(=O)[C@@H](Cc2ccccc2)NC(=O)NCc2ccc(C(F)(F)F)cc2)CSSC[C@@H](C(=O)O)NC1=O. The number of hydrogen-bond donors (Lipinski definition) is 11. The second kappa shape index (κ2) is 32.0. The van der Waals surface area contributed by atoms with E-state index in [1.807, 2.05) is 30.3 Å². The molecule has 4 aromatic carbocycles. The Morgan fingerprint density at radius 2 is 1.37 bits per heavy atom. The molecular formula is C61H73F3N8O13S2. The van der Waals surface area contributed by atoms with Gasteiger partial charge in [-0.3, -0.25) is 28.8 Å². The summed E-state index contributed by atoms with van der Waals surface area (Å²) in [4.78, 5) is 127. The fourth-order valence-corrected chi connectivity index (χ4v) is 11.8. The highest BCUT2D eigenvalue weighted by molar-refractivity contribution is 8.76. The van der Waals surface area contributed by atoms with Crippen molar-refractivity contribution < 1.29 is 76.4 Å². The van der Waals surface area contributed by atoms with Crippen LogP contribution in [-0.4, -0.2) is 135 Å². The van der Waals surface area contributed by atoms with Gasteiger partial charge in [-0.05, 0) is 117 Å². The number of urea groups is 1. The third-order valence-electron chi connectivity index (χ3n) is 14.0. The molecule has 8 atom stereocenters. The molecule has 0 unspecified atom stereocenters. The molecule has 4 aromatic rings. The molecular weight excluding hydrogens is 1170 g/mol. The molecule has 1 aliphatic heterocycles. The van der Waals surface area contributed by atoms with Crippen LogP contribution in [0.5, 0.6) is 5.75 Å². The average Bonchev–Trinajstić information content (AvgIpc) is 3.79. The number of allylic oxidation sites excluding steroid dienone is 1. The number of amides is 8. The first-order valence-electron chi connectivity index (χ1n) is 28.2. The van der Waals surface area contributed by atoms with Crippen molar-refractivity contribution in [3.8, 4) is 5.75 Å². The van der Waals surface area contributed by atoms with Crippen LogP contribution in [0, 0.1) is 5.92 Å². The molecule has 0 radical (unpaired) electrons. The van der Waals surface area contributed by atoms with Crippen LogP contribution in [0.15, 0.2) is 109 Å². The molecule has 26 heteroatoms. The number of benzene rings is 4. The lowest BCUT2D eigenvalue weighted by atomic mass is 9.90. The van der Waals surface area contributed by atoms with Gasteiger partial charge in [0.2, 0.25) is 29.5 Å². The van der Waals surface area contributed by atoms with Gasteiger partial charge < -0.3 is 62.6 Å². The minimum atomic E-state index is -4.59. The van der Waals surface area contributed by atoms with Gasteiger partial charge in [-0.1, -0.05) is 107 Å². The first-order valence-corrected chi connectivity index (χ1v) is 30.7. The van der Waals surface area contributed by atoms with Crippen molar-refractivity contribution in [2.24, 2.45) is 5.92 Å². The number of halogens is 3. The van der Waals surface area contributed by atoms with Crippen molar-refractivity contribution in [3.05, 3.63) is 143 Å². The van der Waals surface area contributed by atoms with Crippen molar-refractivity contribution in [2.45, 2.75) is 140 Å². The zero-order valence-corrected chi connectivity index (χ0v) is 50.0. The molecule has 0 aromatic heterocycles. The molecule has 8 amide bonds. The van der Waals surface area contributed by atoms with Gasteiger partial charge in [-0.25, -0.2) is 14.4 Å². The number of unbranched alkanes of at least 4 members (excludes halogenated alkanes) is 1. The van der Waals surface area contributed by atoms with Crippen molar-refractivity contribution >= 4 is 80.6 Å². The van der Waals surface area contributed by atoms with Gasteiger partial charge in [0, 0.05) is 49.8 Å². The van der Waals surface area contributed by atoms with Gasteiger partial charge in [0.05, 0.1) is 17.7 Å². The van der Waals surface area contributed by atoms with Crippen LogP contribution in [0.3, 0.4) is 0 Å². The van der Waals surface area contributed by atoms with Crippen LogP contribution in [0.1, 0.15) is 93.2 Å². The van der Waals surface area contributed by atoms with E-state index < -0.39 is 125 Å². The number of aliphatic hydroxyl groups excluding tert-OH is 1. The normalized spacial score (nSPS) is 20.8. The van der Waals surface area contributed by atoms with Gasteiger partial charge in [0.25, 0.3) is 0 Å². The number of hydrogen-bond acceptors (Lipinski definition) is 14. The lowest BCUT2D eigenvalue weighted by Crippen LogP contribution is -2.60. The maximum atomic E-state index is 15.1. The van der Waals surface area contributed by atoms with E-state index in [2.05, 4.69) is 42.5 Å². The predicted molar refractivity (Wildman–Crippen MR) is 320 cm³/mol. The molecule has 21 nitrogen and oxygen atoms in total. The molecule has 87 heavy (non-hydrogen) atoms. The number of ether oxygens (including phenoxy) is 1. The van der Waals surface area contributed by atoms with Crippen LogP contribution in [-0.2, 0) is 70.3 Å². The van der Waals surface area contributed by atoms with E-state index in [0.717, 1.165) is 44.8 Å². The number of phenols is 1. The third-order valence-corrected chi connectivity index (χ3v) is 16.4. The zero-order chi connectivity index (χ0) is 63.4. The highest BCUT2D eigenvalue weighted by atomic mass is 33.1. The number of aliphatic hydroxyl groups is 1. The Morgan fingerprint density at radius 3 is 2.03 bits per heavy atom. The minimum absolute atomic E-state index is 0.0936. The number of alkyl halides is 3. The maximum Gasteiger partial charge on any atom is 0.416 e. The number of fused-ring (bicyclic) bond motifs is 1. The Hall–Kier alpha value is -8.10. The first-order chi connectivity index (χ1) is 41.2. The van der Waals surface area contributed by atoms with Gasteiger partial charge in [0.15, 0.2) is 5.78 Å². The quantitative estimate of drug-likeness (QED) is 0.0424. The van der Waals surface area contributed by atoms with Crippen molar-refractivity contribution in [1.29, 1.82) is 0 Å². The van der Waals surface area contributed by atoms with Crippen LogP contribution in [0.2, 0.25) is 0 Å². The van der Waals surface area contributed by atoms with Crippen LogP contribution in [0.25, 0.3) is 5.57 Å². The fourth-order valence-electron chi connectivity index (χ4n) is 9.42. The lowest BCUT2D eigenvalue weighted by molar-refractivity contribution is -0.142. The van der Waals surface area contributed by atoms with E-state index in [1.54, 1.807) is 51.1 Å². The van der Waals surface area contributed by atoms with Gasteiger partial charge in [-0.2, -0.15) is 13.2 Å². The van der Waals surface area contributed by atoms with E-state index in [4.69, 9.17) is 4.74 Å². The number of Topliss-reactive ketones (excluding diaryl/α,β-unsaturated/α-hetero) is 1. The van der Waals surface area contributed by atoms with Gasteiger partial charge >= 0.3 is 24.3 Å². The van der Waals surface area contributed by atoms with Gasteiger partial charge in [-0.15, -0.1) is 0 Å². The maximum absolute atomic E-state index is 15.1. The number of alkyl carbamates (subject to hydrolysis) is 1. The third kappa shape index (κ3) is 22.0. The minimum Gasteiger partial charge on any atom is -0.508 e. The summed E-state index contributed by atoms with van der Waals surface area (Å²) in [7, 11) is 1.80. The molecule has 1 saturated heterocycles. The van der Waals surface area contributed by atoms with Crippen molar-refractivity contribution in [1.82, 2.24) is 42.5 Å². The molecule has 1 heterocycles. The number of aromatic hydroxyl groups is 1. The Kier molecular flexibility index (Phi) is 25.1. The molecule has 0 spiro atoms. The van der Waals surface area contributed by atoms with Crippen molar-refractivity contribution in [2.75, 3.05) is 18.1 Å². The van der Waals surface area contributed by atoms with E-state index in [0.29, 0.717) is 28.7 Å². The molecule has 6 rings (SSSR count). The summed E-state index contributed by atoms with van der Waals surface area (Å²) in [5.41, 5.74) is 2.10. The highest BCUT2D eigenvalue weighted by Crippen LogP contribution is 2.32. The summed E-state index contributed by atoms with van der Waals surface area (Å²) in [6, 6.07) is 15.7. The highest BCUT2D eigenvalue weighted by Gasteiger charge is 2.37. The lowest BCUT2D eigenvalue weighted by Gasteiger charge is -2.28. The van der Waals surface area contributed by atoms with E-state index >= 15 is 9.59 Å². The molecule has 0 bridgehead atoms. The number of aliphatic carboxylic acids is 1. The number of carboxylic acid groups (broad SMARTS) is 1. The van der Waals surface area contributed by atoms with Crippen LogP contribution >= 0.6 is 21.6 Å². The Morgan fingerprint density at radius 1 is 0.724 bits per heavy atom. The Balaban J connectivity index is 1.35. The number of rotatable bonds is 18. The van der Waals surface area contributed by atoms with E-state index in [-0.39, 0.29) is 68.9 Å². The van der Waals surface area contributed by atoms with E-state index in [9.17, 15) is 62.1 Å². The van der Waals surface area contributed by atoms with Gasteiger partial charge in [0.1, 0.15) is 41.6 Å². The second-order valence-corrected chi connectivity index (χ2v) is 24.7. The summed E-state index contributed by atoms with van der Waals surface area (Å²) in [5, 5.41) is 52.3. The number of carbonyl (C=O) groups is 9. The topological polar surface area (TPSA) is 320 Å². The van der Waals surface area contributed by atoms with E-state index in [1.165, 1.54) is 43.3 Å².